The number of amides is 1. The minimum Gasteiger partial charge on any atom is -0.379 e. The van der Waals surface area contributed by atoms with Crippen molar-refractivity contribution in [3.63, 3.8) is 0 Å². The van der Waals surface area contributed by atoms with Crippen molar-refractivity contribution in [3.05, 3.63) is 58.6 Å². The van der Waals surface area contributed by atoms with Crippen LogP contribution < -0.4 is 20.7 Å². The molecule has 31 heavy (non-hydrogen) atoms. The first kappa shape index (κ1) is 24.1. The second-order valence-electron chi connectivity index (χ2n) is 6.78. The Balaban J connectivity index is 1.77. The van der Waals surface area contributed by atoms with Crippen LogP contribution in [0.2, 0.25) is 0 Å². The number of primary sulfonamides is 1. The number of sulfonamides is 1. The molecule has 0 bridgehead atoms. The van der Waals surface area contributed by atoms with E-state index < -0.39 is 20.6 Å². The molecule has 1 amide bonds. The molecule has 2 aromatic rings. The van der Waals surface area contributed by atoms with Crippen LogP contribution in [0.4, 0.5) is 17.1 Å². The van der Waals surface area contributed by atoms with E-state index in [4.69, 9.17) is 5.14 Å². The van der Waals surface area contributed by atoms with Crippen molar-refractivity contribution in [2.45, 2.75) is 24.7 Å². The van der Waals surface area contributed by atoms with Crippen molar-refractivity contribution in [1.82, 2.24) is 5.32 Å². The van der Waals surface area contributed by atoms with Gasteiger partial charge in [-0.1, -0.05) is 18.2 Å². The molecule has 0 radical (unpaired) electrons. The first-order valence-electron chi connectivity index (χ1n) is 9.84. The largest absolute Gasteiger partial charge is 0.379 e. The fourth-order valence-electron chi connectivity index (χ4n) is 2.99. The van der Waals surface area contributed by atoms with E-state index >= 15 is 0 Å². The van der Waals surface area contributed by atoms with Gasteiger partial charge in [0.15, 0.2) is 0 Å². The summed E-state index contributed by atoms with van der Waals surface area (Å²) in [6, 6.07) is 13.4. The Bertz CT molecular complexity index is 998. The van der Waals surface area contributed by atoms with Crippen molar-refractivity contribution in [2.24, 2.45) is 5.14 Å². The molecule has 2 aromatic carbocycles. The molecule has 0 spiro atoms. The second-order valence-corrected chi connectivity index (χ2v) is 8.34. The van der Waals surface area contributed by atoms with Crippen LogP contribution >= 0.6 is 0 Å². The monoisotopic (exact) mass is 449 g/mol. The number of rotatable bonds is 12. The molecular weight excluding hydrogens is 422 g/mol. The van der Waals surface area contributed by atoms with E-state index in [9.17, 15) is 23.3 Å². The molecule has 0 saturated heterocycles. The summed E-state index contributed by atoms with van der Waals surface area (Å²) in [6.07, 6.45) is 0.896. The number of hydrogen-bond acceptors (Lipinski definition) is 7. The number of nitro groups is 1. The molecule has 0 saturated carbocycles. The van der Waals surface area contributed by atoms with Gasteiger partial charge in [-0.25, -0.2) is 13.6 Å². The zero-order valence-corrected chi connectivity index (χ0v) is 18.1. The van der Waals surface area contributed by atoms with E-state index in [0.717, 1.165) is 31.3 Å². The van der Waals surface area contributed by atoms with Crippen LogP contribution in [0.25, 0.3) is 0 Å². The summed E-state index contributed by atoms with van der Waals surface area (Å²) in [7, 11) is -4.05. The highest BCUT2D eigenvalue weighted by atomic mass is 32.2. The Labute approximate surface area is 181 Å². The van der Waals surface area contributed by atoms with Crippen molar-refractivity contribution >= 4 is 33.0 Å². The molecule has 4 N–H and O–H groups in total. The highest BCUT2D eigenvalue weighted by molar-refractivity contribution is 7.89. The van der Waals surface area contributed by atoms with Crippen LogP contribution in [0.15, 0.2) is 53.4 Å². The molecule has 0 aliphatic carbocycles. The molecule has 168 valence electrons. The van der Waals surface area contributed by atoms with Crippen LogP contribution in [0.3, 0.4) is 0 Å². The molecule has 0 aliphatic heterocycles. The molecular formula is C20H27N5O5S. The molecule has 0 fully saturated rings. The summed E-state index contributed by atoms with van der Waals surface area (Å²) in [4.78, 5) is 24.4. The summed E-state index contributed by atoms with van der Waals surface area (Å²) in [5.74, 6) is -0.181. The van der Waals surface area contributed by atoms with E-state index in [1.54, 1.807) is 0 Å². The van der Waals surface area contributed by atoms with Gasteiger partial charge in [-0.3, -0.25) is 14.9 Å². The Hall–Kier alpha value is -3.18. The lowest BCUT2D eigenvalue weighted by molar-refractivity contribution is -0.384. The van der Waals surface area contributed by atoms with Crippen LogP contribution in [0, 0.1) is 10.1 Å². The Morgan fingerprint density at radius 1 is 1.16 bits per heavy atom. The molecule has 0 aliphatic rings. The van der Waals surface area contributed by atoms with Crippen molar-refractivity contribution < 1.29 is 18.1 Å². The summed E-state index contributed by atoms with van der Waals surface area (Å²) >= 11 is 0. The minimum atomic E-state index is -4.05. The normalized spacial score (nSPS) is 11.0. The number of carbonyl (C=O) groups is 1. The lowest BCUT2D eigenvalue weighted by Crippen LogP contribution is -2.30. The van der Waals surface area contributed by atoms with Crippen LogP contribution in [0.1, 0.15) is 19.8 Å². The van der Waals surface area contributed by atoms with Crippen molar-refractivity contribution in [2.75, 3.05) is 36.4 Å². The fourth-order valence-corrected chi connectivity index (χ4v) is 3.53. The summed E-state index contributed by atoms with van der Waals surface area (Å²) in [5, 5.41) is 21.8. The zero-order valence-electron chi connectivity index (χ0n) is 17.3. The Morgan fingerprint density at radius 2 is 1.87 bits per heavy atom. The number of nitrogens with one attached hydrogen (secondary N) is 2. The number of nitrogens with two attached hydrogens (primary N) is 1. The summed E-state index contributed by atoms with van der Waals surface area (Å²) < 4.78 is 22.7. The number of nitrogens with zero attached hydrogens (tertiary/aromatic N) is 2. The maximum absolute atomic E-state index is 12.0. The number of para-hydroxylation sites is 1. The maximum Gasteiger partial charge on any atom is 0.293 e. The molecule has 2 rings (SSSR count). The standard InChI is InChI=1S/C20H27N5O5S/c1-2-24(16-7-4-3-5-8-16)14-6-12-23-20(26)11-13-22-18-10-9-17(31(21,29)30)15-19(18)25(27)28/h3-5,7-10,15,22H,2,6,11-14H2,1H3,(H,23,26)(H2,21,29,30). The van der Waals surface area contributed by atoms with Crippen LogP contribution in [0.5, 0.6) is 0 Å². The minimum absolute atomic E-state index is 0.115. The smallest absolute Gasteiger partial charge is 0.293 e. The van der Waals surface area contributed by atoms with Crippen molar-refractivity contribution in [1.29, 1.82) is 0 Å². The highest BCUT2D eigenvalue weighted by Gasteiger charge is 2.19. The molecule has 0 atom stereocenters. The van der Waals surface area contributed by atoms with Gasteiger partial charge in [-0.2, -0.15) is 0 Å². The topological polar surface area (TPSA) is 148 Å². The van der Waals surface area contributed by atoms with Crippen LogP contribution in [-0.2, 0) is 14.8 Å². The van der Waals surface area contributed by atoms with Crippen LogP contribution in [-0.4, -0.2) is 45.4 Å². The number of hydrogen-bond donors (Lipinski definition) is 3. The maximum atomic E-state index is 12.0. The average molecular weight is 450 g/mol. The molecule has 0 aromatic heterocycles. The van der Waals surface area contributed by atoms with Gasteiger partial charge in [-0.15, -0.1) is 0 Å². The SMILES string of the molecule is CCN(CCCNC(=O)CCNc1ccc(S(N)(=O)=O)cc1[N+](=O)[O-])c1ccccc1. The summed E-state index contributed by atoms with van der Waals surface area (Å²) in [5.41, 5.74) is 0.828. The van der Waals surface area contributed by atoms with Gasteiger partial charge in [0.05, 0.1) is 9.82 Å². The van der Waals surface area contributed by atoms with Gasteiger partial charge in [-0.05, 0) is 37.6 Å². The van der Waals surface area contributed by atoms with E-state index in [2.05, 4.69) is 22.5 Å². The number of benzene rings is 2. The Kier molecular flexibility index (Phi) is 8.76. The molecule has 0 heterocycles. The third-order valence-corrected chi connectivity index (χ3v) is 5.50. The predicted molar refractivity (Wildman–Crippen MR) is 120 cm³/mol. The van der Waals surface area contributed by atoms with Gasteiger partial charge >= 0.3 is 0 Å². The second kappa shape index (κ2) is 11.3. The molecule has 10 nitrogen and oxygen atoms in total. The average Bonchev–Trinajstić information content (AvgIpc) is 2.73. The third-order valence-electron chi connectivity index (χ3n) is 4.59. The quantitative estimate of drug-likeness (QED) is 0.255. The lowest BCUT2D eigenvalue weighted by atomic mass is 10.2. The van der Waals surface area contributed by atoms with E-state index in [1.165, 1.54) is 12.1 Å². The van der Waals surface area contributed by atoms with E-state index in [0.29, 0.717) is 6.54 Å². The Morgan fingerprint density at radius 3 is 2.48 bits per heavy atom. The molecule has 0 unspecified atom stereocenters. The lowest BCUT2D eigenvalue weighted by Gasteiger charge is -2.23. The van der Waals surface area contributed by atoms with Gasteiger partial charge in [0.1, 0.15) is 5.69 Å². The first-order chi connectivity index (χ1) is 14.7. The summed E-state index contributed by atoms with van der Waals surface area (Å²) in [6.45, 7) is 4.43. The van der Waals surface area contributed by atoms with Gasteiger partial charge in [0.2, 0.25) is 15.9 Å². The highest BCUT2D eigenvalue weighted by Crippen LogP contribution is 2.27. The fraction of sp³-hybridized carbons (Fsp3) is 0.350. The number of carbonyl (C=O) groups excluding carboxylic acids is 1. The van der Waals surface area contributed by atoms with E-state index in [-0.39, 0.29) is 29.5 Å². The molecule has 11 heteroatoms. The van der Waals surface area contributed by atoms with Gasteiger partial charge in [0.25, 0.3) is 5.69 Å². The number of anilines is 2. The first-order valence-corrected chi connectivity index (χ1v) is 11.4. The zero-order chi connectivity index (χ0) is 22.9. The predicted octanol–water partition coefficient (Wildman–Crippen LogP) is 2.08. The van der Waals surface area contributed by atoms with Gasteiger partial charge < -0.3 is 15.5 Å². The van der Waals surface area contributed by atoms with E-state index in [1.807, 2.05) is 30.3 Å². The third kappa shape index (κ3) is 7.54. The van der Waals surface area contributed by atoms with Gasteiger partial charge in [0, 0.05) is 44.4 Å². The number of nitro benzene ring substituents is 1. The van der Waals surface area contributed by atoms with Crippen molar-refractivity contribution in [3.8, 4) is 0 Å².